The smallest absolute Gasteiger partial charge is 0.183 e. The Morgan fingerprint density at radius 3 is 2.64 bits per heavy atom. The maximum Gasteiger partial charge on any atom is 0.183 e. The molecule has 0 aliphatic rings. The van der Waals surface area contributed by atoms with E-state index in [1.807, 2.05) is 0 Å². The fraction of sp³-hybridized carbons (Fsp3) is 0. The van der Waals surface area contributed by atoms with E-state index >= 15 is 0 Å². The second kappa shape index (κ2) is 5.69. The number of anilines is 2. The molecule has 0 aliphatic heterocycles. The summed E-state index contributed by atoms with van der Waals surface area (Å²) in [6, 6.07) is 3.61. The van der Waals surface area contributed by atoms with Crippen LogP contribution in [0.25, 0.3) is 11.0 Å². The minimum atomic E-state index is -1.18. The Morgan fingerprint density at radius 2 is 1.86 bits per heavy atom. The Kier molecular flexibility index (Phi) is 3.88. The molecule has 2 heterocycles. The Hall–Kier alpha value is -1.93. The zero-order chi connectivity index (χ0) is 15.9. The number of hydrogen-bond acceptors (Lipinski definition) is 4. The third-order valence-corrected chi connectivity index (χ3v) is 3.66. The lowest BCUT2D eigenvalue weighted by molar-refractivity contribution is 0.512. The van der Waals surface area contributed by atoms with Crippen molar-refractivity contribution in [3.8, 4) is 0 Å². The number of nitrogens with one attached hydrogen (secondary N) is 1. The number of hydrogen-bond donors (Lipinski definition) is 1. The summed E-state index contributed by atoms with van der Waals surface area (Å²) in [6.45, 7) is 0. The summed E-state index contributed by atoms with van der Waals surface area (Å²) in [7, 11) is 0. The third-order valence-electron chi connectivity index (χ3n) is 2.81. The van der Waals surface area contributed by atoms with E-state index in [1.54, 1.807) is 0 Å². The Morgan fingerprint density at radius 1 is 1.09 bits per heavy atom. The van der Waals surface area contributed by atoms with E-state index in [0.717, 1.165) is 12.4 Å². The molecular weight excluding hydrogens is 385 g/mol. The quantitative estimate of drug-likeness (QED) is 0.514. The van der Waals surface area contributed by atoms with Crippen LogP contribution >= 0.6 is 27.5 Å². The predicted molar refractivity (Wildman–Crippen MR) is 79.6 cm³/mol. The minimum Gasteiger partial charge on any atom is -0.336 e. The lowest BCUT2D eigenvalue weighted by Gasteiger charge is -2.10. The zero-order valence-electron chi connectivity index (χ0n) is 10.5. The topological polar surface area (TPSA) is 50.7 Å². The van der Waals surface area contributed by atoms with Crippen LogP contribution in [0.1, 0.15) is 0 Å². The number of pyridine rings is 1. The molecule has 0 unspecified atom stereocenters. The number of nitrogens with zero attached hydrogens (tertiary/aromatic N) is 3. The largest absolute Gasteiger partial charge is 0.336 e. The first-order chi connectivity index (χ1) is 10.5. The average molecular weight is 390 g/mol. The van der Waals surface area contributed by atoms with Gasteiger partial charge in [0.2, 0.25) is 0 Å². The number of fused-ring (bicyclic) bond motifs is 1. The summed E-state index contributed by atoms with van der Waals surface area (Å²) in [6.07, 6.45) is 1.16. The molecule has 0 aliphatic carbocycles. The number of aromatic nitrogens is 3. The summed E-state index contributed by atoms with van der Waals surface area (Å²) in [5, 5.41) is 2.26. The van der Waals surface area contributed by atoms with Gasteiger partial charge in [0.1, 0.15) is 16.4 Å². The van der Waals surface area contributed by atoms with Gasteiger partial charge in [0.25, 0.3) is 0 Å². The van der Waals surface area contributed by atoms with E-state index in [4.69, 9.17) is 11.6 Å². The molecule has 0 saturated carbocycles. The van der Waals surface area contributed by atoms with Gasteiger partial charge in [-0.1, -0.05) is 11.6 Å². The van der Waals surface area contributed by atoms with Crippen molar-refractivity contribution < 1.29 is 13.2 Å². The maximum atomic E-state index is 13.8. The van der Waals surface area contributed by atoms with E-state index in [-0.39, 0.29) is 32.2 Å². The average Bonchev–Trinajstić information content (AvgIpc) is 2.50. The van der Waals surface area contributed by atoms with Crippen molar-refractivity contribution in [2.24, 2.45) is 0 Å². The van der Waals surface area contributed by atoms with Crippen molar-refractivity contribution in [3.63, 3.8) is 0 Å². The standard InChI is InChI=1S/C13H5BrClF3N4/c14-12-6(16)3-8-11(22-12)13(20-4-19-8)21-7-2-1-5(15)9(17)10(7)18/h1-4H,(H,19,20,21). The van der Waals surface area contributed by atoms with Crippen LogP contribution < -0.4 is 5.32 Å². The molecule has 0 radical (unpaired) electrons. The van der Waals surface area contributed by atoms with E-state index in [0.29, 0.717) is 0 Å². The van der Waals surface area contributed by atoms with Gasteiger partial charge >= 0.3 is 0 Å². The number of benzene rings is 1. The normalized spacial score (nSPS) is 11.0. The third kappa shape index (κ3) is 2.59. The van der Waals surface area contributed by atoms with Crippen molar-refractivity contribution in [2.45, 2.75) is 0 Å². The highest BCUT2D eigenvalue weighted by Crippen LogP contribution is 2.29. The minimum absolute atomic E-state index is 0.0411. The van der Waals surface area contributed by atoms with Crippen LogP contribution in [0.2, 0.25) is 5.02 Å². The summed E-state index contributed by atoms with van der Waals surface area (Å²) < 4.78 is 40.7. The Labute approximate surface area is 135 Å². The Balaban J connectivity index is 2.12. The molecule has 22 heavy (non-hydrogen) atoms. The SMILES string of the molecule is Fc1cc2ncnc(Nc3ccc(Cl)c(F)c3F)c2nc1Br. The molecule has 3 aromatic rings. The molecule has 1 N–H and O–H groups in total. The lowest BCUT2D eigenvalue weighted by Crippen LogP contribution is -2.01. The van der Waals surface area contributed by atoms with E-state index in [9.17, 15) is 13.2 Å². The lowest BCUT2D eigenvalue weighted by atomic mass is 10.2. The van der Waals surface area contributed by atoms with Crippen LogP contribution in [0, 0.1) is 17.5 Å². The van der Waals surface area contributed by atoms with Gasteiger partial charge < -0.3 is 5.32 Å². The first-order valence-electron chi connectivity index (χ1n) is 5.84. The summed E-state index contributed by atoms with van der Waals surface area (Å²) in [5.74, 6) is -2.82. The second-order valence-electron chi connectivity index (χ2n) is 4.20. The van der Waals surface area contributed by atoms with E-state index in [1.165, 1.54) is 12.1 Å². The van der Waals surface area contributed by atoms with Crippen LogP contribution in [-0.2, 0) is 0 Å². The molecular formula is C13H5BrClF3N4. The van der Waals surface area contributed by atoms with Gasteiger partial charge in [0.05, 0.1) is 16.2 Å². The molecule has 112 valence electrons. The highest BCUT2D eigenvalue weighted by molar-refractivity contribution is 9.10. The first-order valence-corrected chi connectivity index (χ1v) is 7.01. The molecule has 2 aromatic heterocycles. The fourth-order valence-corrected chi connectivity index (χ4v) is 2.22. The molecule has 0 saturated heterocycles. The molecule has 0 amide bonds. The molecule has 0 atom stereocenters. The first kappa shape index (κ1) is 15.0. The number of rotatable bonds is 2. The highest BCUT2D eigenvalue weighted by Gasteiger charge is 2.15. The monoisotopic (exact) mass is 388 g/mol. The predicted octanol–water partition coefficient (Wildman–Crippen LogP) is 4.60. The fourth-order valence-electron chi connectivity index (χ4n) is 1.78. The Bertz CT molecular complexity index is 891. The van der Waals surface area contributed by atoms with Crippen molar-refractivity contribution in [1.82, 2.24) is 15.0 Å². The molecule has 0 bridgehead atoms. The summed E-state index contributed by atoms with van der Waals surface area (Å²) in [4.78, 5) is 11.7. The van der Waals surface area contributed by atoms with Crippen molar-refractivity contribution >= 4 is 50.1 Å². The van der Waals surface area contributed by atoms with Gasteiger partial charge in [-0.25, -0.2) is 28.1 Å². The number of halogens is 5. The van der Waals surface area contributed by atoms with Crippen LogP contribution in [0.3, 0.4) is 0 Å². The van der Waals surface area contributed by atoms with Crippen molar-refractivity contribution in [3.05, 3.63) is 51.6 Å². The molecule has 4 nitrogen and oxygen atoms in total. The van der Waals surface area contributed by atoms with Gasteiger partial charge in [-0.15, -0.1) is 0 Å². The van der Waals surface area contributed by atoms with Crippen LogP contribution in [0.4, 0.5) is 24.7 Å². The van der Waals surface area contributed by atoms with Crippen LogP contribution in [0.5, 0.6) is 0 Å². The maximum absolute atomic E-state index is 13.8. The molecule has 3 rings (SSSR count). The van der Waals surface area contributed by atoms with Gasteiger partial charge in [0.15, 0.2) is 23.3 Å². The van der Waals surface area contributed by atoms with Crippen molar-refractivity contribution in [2.75, 3.05) is 5.32 Å². The van der Waals surface area contributed by atoms with Gasteiger partial charge in [-0.2, -0.15) is 0 Å². The molecule has 1 aromatic carbocycles. The van der Waals surface area contributed by atoms with Crippen LogP contribution in [-0.4, -0.2) is 15.0 Å². The van der Waals surface area contributed by atoms with Crippen LogP contribution in [0.15, 0.2) is 29.1 Å². The van der Waals surface area contributed by atoms with Gasteiger partial charge in [-0.05, 0) is 28.1 Å². The van der Waals surface area contributed by atoms with Gasteiger partial charge in [-0.3, -0.25) is 0 Å². The summed E-state index contributed by atoms with van der Waals surface area (Å²) in [5.41, 5.74) is 0.239. The zero-order valence-corrected chi connectivity index (χ0v) is 12.9. The summed E-state index contributed by atoms with van der Waals surface area (Å²) >= 11 is 8.44. The van der Waals surface area contributed by atoms with Gasteiger partial charge in [0, 0.05) is 6.07 Å². The van der Waals surface area contributed by atoms with E-state index < -0.39 is 17.5 Å². The molecule has 9 heteroatoms. The second-order valence-corrected chi connectivity index (χ2v) is 5.36. The van der Waals surface area contributed by atoms with Crippen molar-refractivity contribution in [1.29, 1.82) is 0 Å². The highest BCUT2D eigenvalue weighted by atomic mass is 79.9. The molecule has 0 fully saturated rings. The van der Waals surface area contributed by atoms with E-state index in [2.05, 4.69) is 36.2 Å². The molecule has 0 spiro atoms.